The van der Waals surface area contributed by atoms with Gasteiger partial charge in [-0.3, -0.25) is 0 Å². The molecule has 1 aliphatic rings. The number of hydrogen-bond acceptors (Lipinski definition) is 2. The molecule has 0 spiro atoms. The van der Waals surface area contributed by atoms with Gasteiger partial charge in [0, 0.05) is 5.92 Å². The van der Waals surface area contributed by atoms with Crippen LogP contribution in [0.1, 0.15) is 36.8 Å². The molecule has 0 aromatic carbocycles. The first-order valence-corrected chi connectivity index (χ1v) is 4.44. The van der Waals surface area contributed by atoms with E-state index in [9.17, 15) is 0 Å². The lowest BCUT2D eigenvalue weighted by Crippen LogP contribution is -2.07. The molecule has 60 valence electrons. The van der Waals surface area contributed by atoms with Crippen molar-refractivity contribution in [3.8, 4) is 0 Å². The summed E-state index contributed by atoms with van der Waals surface area (Å²) < 4.78 is 5.39. The normalized spacial score (nSPS) is 18.3. The number of nitrogens with zero attached hydrogens (tertiary/aromatic N) is 1. The van der Waals surface area contributed by atoms with Crippen molar-refractivity contribution >= 4 is 11.6 Å². The number of rotatable bonds is 2. The molecule has 3 heteroatoms. The van der Waals surface area contributed by atoms with Crippen LogP contribution in [-0.4, -0.2) is 4.98 Å². The molecular formula is C8H10ClNO. The zero-order valence-electron chi connectivity index (χ0n) is 6.22. The summed E-state index contributed by atoms with van der Waals surface area (Å²) in [5.74, 6) is 2.67. The Morgan fingerprint density at radius 1 is 1.64 bits per heavy atom. The van der Waals surface area contributed by atoms with Crippen molar-refractivity contribution in [1.29, 1.82) is 0 Å². The highest BCUT2D eigenvalue weighted by Crippen LogP contribution is 2.36. The number of halogens is 1. The molecule has 0 radical (unpaired) electrons. The second kappa shape index (κ2) is 2.86. The fourth-order valence-electron chi connectivity index (χ4n) is 1.27. The van der Waals surface area contributed by atoms with Gasteiger partial charge < -0.3 is 4.42 Å². The Bertz CT molecular complexity index is 242. The molecule has 1 aromatic rings. The lowest BCUT2D eigenvalue weighted by Gasteiger charge is -2.22. The van der Waals surface area contributed by atoms with Gasteiger partial charge in [0.1, 0.15) is 5.76 Å². The maximum absolute atomic E-state index is 5.55. The minimum atomic E-state index is 0.382. The third-order valence-electron chi connectivity index (χ3n) is 2.19. The van der Waals surface area contributed by atoms with Gasteiger partial charge in [-0.2, -0.15) is 0 Å². The molecule has 2 nitrogen and oxygen atoms in total. The Labute approximate surface area is 70.6 Å². The molecule has 1 aliphatic carbocycles. The predicted molar refractivity (Wildman–Crippen MR) is 42.7 cm³/mol. The molecule has 0 N–H and O–H groups in total. The van der Waals surface area contributed by atoms with E-state index in [0.717, 1.165) is 5.76 Å². The Morgan fingerprint density at radius 2 is 2.45 bits per heavy atom. The highest BCUT2D eigenvalue weighted by atomic mass is 35.5. The Morgan fingerprint density at radius 3 is 2.91 bits per heavy atom. The summed E-state index contributed by atoms with van der Waals surface area (Å²) in [6.45, 7) is 0. The average Bonchev–Trinajstić information content (AvgIpc) is 2.32. The van der Waals surface area contributed by atoms with Gasteiger partial charge in [0.25, 0.3) is 0 Å². The number of oxazole rings is 1. The van der Waals surface area contributed by atoms with Crippen LogP contribution in [0, 0.1) is 0 Å². The number of hydrogen-bond donors (Lipinski definition) is 0. The lowest BCUT2D eigenvalue weighted by atomic mass is 9.84. The molecule has 0 atom stereocenters. The minimum absolute atomic E-state index is 0.382. The summed E-state index contributed by atoms with van der Waals surface area (Å²) in [6, 6.07) is 0. The van der Waals surface area contributed by atoms with Crippen molar-refractivity contribution in [3.63, 3.8) is 0 Å². The summed E-state index contributed by atoms with van der Waals surface area (Å²) >= 11 is 5.55. The van der Waals surface area contributed by atoms with Crippen LogP contribution in [0.2, 0.25) is 0 Å². The van der Waals surface area contributed by atoms with E-state index in [4.69, 9.17) is 16.0 Å². The van der Waals surface area contributed by atoms with E-state index in [1.54, 1.807) is 0 Å². The van der Waals surface area contributed by atoms with Gasteiger partial charge in [-0.05, 0) is 12.8 Å². The standard InChI is InChI=1S/C8H10ClNO/c9-4-8-10-5-7(11-8)6-2-1-3-6/h5-6H,1-4H2. The molecule has 1 fully saturated rings. The summed E-state index contributed by atoms with van der Waals surface area (Å²) in [5.41, 5.74) is 0. The van der Waals surface area contributed by atoms with Crippen LogP contribution in [0.5, 0.6) is 0 Å². The van der Waals surface area contributed by atoms with Crippen molar-refractivity contribution < 1.29 is 4.42 Å². The SMILES string of the molecule is ClCc1ncc(C2CCC2)o1. The molecule has 0 bridgehead atoms. The van der Waals surface area contributed by atoms with Crippen LogP contribution < -0.4 is 0 Å². The van der Waals surface area contributed by atoms with E-state index in [1.807, 2.05) is 6.20 Å². The smallest absolute Gasteiger partial charge is 0.209 e. The molecule has 0 aliphatic heterocycles. The van der Waals surface area contributed by atoms with E-state index >= 15 is 0 Å². The van der Waals surface area contributed by atoms with E-state index in [1.165, 1.54) is 19.3 Å². The molecule has 11 heavy (non-hydrogen) atoms. The van der Waals surface area contributed by atoms with Gasteiger partial charge in [0.2, 0.25) is 5.89 Å². The first kappa shape index (κ1) is 7.17. The van der Waals surface area contributed by atoms with Crippen molar-refractivity contribution in [1.82, 2.24) is 4.98 Å². The van der Waals surface area contributed by atoms with E-state index in [0.29, 0.717) is 17.7 Å². The van der Waals surface area contributed by atoms with Gasteiger partial charge >= 0.3 is 0 Å². The van der Waals surface area contributed by atoms with Crippen molar-refractivity contribution in [2.24, 2.45) is 0 Å². The molecule has 0 saturated heterocycles. The Hall–Kier alpha value is -0.500. The number of alkyl halides is 1. The largest absolute Gasteiger partial charge is 0.444 e. The quantitative estimate of drug-likeness (QED) is 0.640. The minimum Gasteiger partial charge on any atom is -0.444 e. The van der Waals surface area contributed by atoms with Crippen LogP contribution in [0.4, 0.5) is 0 Å². The first-order chi connectivity index (χ1) is 5.40. The fraction of sp³-hybridized carbons (Fsp3) is 0.625. The molecular weight excluding hydrogens is 162 g/mol. The maximum Gasteiger partial charge on any atom is 0.209 e. The van der Waals surface area contributed by atoms with Crippen LogP contribution in [-0.2, 0) is 5.88 Å². The van der Waals surface area contributed by atoms with Crippen LogP contribution in [0.3, 0.4) is 0 Å². The second-order valence-corrected chi connectivity index (χ2v) is 3.19. The summed E-state index contributed by atoms with van der Waals surface area (Å²) in [4.78, 5) is 4.04. The highest BCUT2D eigenvalue weighted by Gasteiger charge is 2.22. The molecule has 1 saturated carbocycles. The third kappa shape index (κ3) is 1.27. The Balaban J connectivity index is 2.11. The zero-order chi connectivity index (χ0) is 7.68. The van der Waals surface area contributed by atoms with E-state index in [-0.39, 0.29) is 0 Å². The molecule has 0 amide bonds. The first-order valence-electron chi connectivity index (χ1n) is 3.90. The van der Waals surface area contributed by atoms with Crippen molar-refractivity contribution in [2.75, 3.05) is 0 Å². The number of aromatic nitrogens is 1. The summed E-state index contributed by atoms with van der Waals surface area (Å²) in [6.07, 6.45) is 5.62. The van der Waals surface area contributed by atoms with Gasteiger partial charge in [0.05, 0.1) is 12.1 Å². The molecule has 0 unspecified atom stereocenters. The fourth-order valence-corrected chi connectivity index (χ4v) is 1.39. The van der Waals surface area contributed by atoms with E-state index < -0.39 is 0 Å². The van der Waals surface area contributed by atoms with Gasteiger partial charge in [-0.1, -0.05) is 6.42 Å². The van der Waals surface area contributed by atoms with Crippen molar-refractivity contribution in [3.05, 3.63) is 17.8 Å². The second-order valence-electron chi connectivity index (χ2n) is 2.92. The Kier molecular flexibility index (Phi) is 1.86. The lowest BCUT2D eigenvalue weighted by molar-refractivity contribution is 0.338. The van der Waals surface area contributed by atoms with Gasteiger partial charge in [0.15, 0.2) is 0 Å². The van der Waals surface area contributed by atoms with Gasteiger partial charge in [-0.15, -0.1) is 11.6 Å². The zero-order valence-corrected chi connectivity index (χ0v) is 6.97. The molecule has 2 rings (SSSR count). The monoisotopic (exact) mass is 171 g/mol. The highest BCUT2D eigenvalue weighted by molar-refractivity contribution is 6.16. The van der Waals surface area contributed by atoms with Gasteiger partial charge in [-0.25, -0.2) is 4.98 Å². The summed E-state index contributed by atoms with van der Waals surface area (Å²) in [7, 11) is 0. The van der Waals surface area contributed by atoms with Crippen LogP contribution >= 0.6 is 11.6 Å². The maximum atomic E-state index is 5.55. The van der Waals surface area contributed by atoms with E-state index in [2.05, 4.69) is 4.98 Å². The molecule has 1 heterocycles. The van der Waals surface area contributed by atoms with Crippen LogP contribution in [0.15, 0.2) is 10.6 Å². The summed E-state index contributed by atoms with van der Waals surface area (Å²) in [5, 5.41) is 0. The predicted octanol–water partition coefficient (Wildman–Crippen LogP) is 2.68. The van der Waals surface area contributed by atoms with Crippen molar-refractivity contribution in [2.45, 2.75) is 31.1 Å². The topological polar surface area (TPSA) is 26.0 Å². The van der Waals surface area contributed by atoms with Crippen LogP contribution in [0.25, 0.3) is 0 Å². The third-order valence-corrected chi connectivity index (χ3v) is 2.42. The average molecular weight is 172 g/mol. The molecule has 1 aromatic heterocycles.